The van der Waals surface area contributed by atoms with E-state index < -0.39 is 0 Å². The highest BCUT2D eigenvalue weighted by molar-refractivity contribution is 9.10. The number of aryl methyl sites for hydroxylation is 1. The molecule has 0 aliphatic carbocycles. The SMILES string of the molecule is CCCNC(c1c(Br)cnn1CC)C1CN(C)CCO1. The summed E-state index contributed by atoms with van der Waals surface area (Å²) in [6.07, 6.45) is 3.15. The van der Waals surface area contributed by atoms with Gasteiger partial charge in [-0.2, -0.15) is 5.10 Å². The van der Waals surface area contributed by atoms with Crippen LogP contribution in [0.15, 0.2) is 10.7 Å². The van der Waals surface area contributed by atoms with E-state index in [9.17, 15) is 0 Å². The van der Waals surface area contributed by atoms with Crippen LogP contribution in [0.1, 0.15) is 32.0 Å². The molecule has 2 heterocycles. The molecule has 1 aliphatic heterocycles. The summed E-state index contributed by atoms with van der Waals surface area (Å²) in [5.41, 5.74) is 1.20. The molecule has 0 aromatic carbocycles. The Morgan fingerprint density at radius 1 is 1.55 bits per heavy atom. The fourth-order valence-corrected chi connectivity index (χ4v) is 3.19. The Kier molecular flexibility index (Phi) is 6.01. The Morgan fingerprint density at radius 3 is 3.00 bits per heavy atom. The molecular formula is C14H25BrN4O. The van der Waals surface area contributed by atoms with E-state index in [1.165, 1.54) is 5.69 Å². The molecule has 1 aromatic heterocycles. The largest absolute Gasteiger partial charge is 0.374 e. The highest BCUT2D eigenvalue weighted by Crippen LogP contribution is 2.28. The van der Waals surface area contributed by atoms with E-state index >= 15 is 0 Å². The van der Waals surface area contributed by atoms with Crippen molar-refractivity contribution in [3.8, 4) is 0 Å². The van der Waals surface area contributed by atoms with E-state index in [0.717, 1.165) is 43.7 Å². The second-order valence-corrected chi connectivity index (χ2v) is 6.15. The first-order chi connectivity index (χ1) is 9.67. The quantitative estimate of drug-likeness (QED) is 0.857. The standard InChI is InChI=1S/C14H25BrN4O/c1-4-6-16-13(12-10-18(3)7-8-20-12)14-11(15)9-17-19(14)5-2/h9,12-13,16H,4-8,10H2,1-3H3. The average molecular weight is 345 g/mol. The molecule has 0 amide bonds. The molecule has 0 saturated carbocycles. The molecule has 1 saturated heterocycles. The molecule has 5 nitrogen and oxygen atoms in total. The Labute approximate surface area is 129 Å². The van der Waals surface area contributed by atoms with Crippen molar-refractivity contribution in [1.82, 2.24) is 20.0 Å². The molecule has 0 bridgehead atoms. The second-order valence-electron chi connectivity index (χ2n) is 5.30. The molecule has 1 aromatic rings. The van der Waals surface area contributed by atoms with E-state index in [0.29, 0.717) is 0 Å². The van der Waals surface area contributed by atoms with Gasteiger partial charge in [-0.05, 0) is 42.9 Å². The molecule has 2 rings (SSSR count). The van der Waals surface area contributed by atoms with Gasteiger partial charge >= 0.3 is 0 Å². The molecule has 1 N–H and O–H groups in total. The minimum atomic E-state index is 0.165. The molecule has 1 fully saturated rings. The summed E-state index contributed by atoms with van der Waals surface area (Å²) in [5, 5.41) is 8.07. The molecule has 20 heavy (non-hydrogen) atoms. The van der Waals surface area contributed by atoms with Crippen LogP contribution in [0, 0.1) is 0 Å². The van der Waals surface area contributed by atoms with Gasteiger partial charge in [0.25, 0.3) is 0 Å². The Bertz CT molecular complexity index is 423. The van der Waals surface area contributed by atoms with Crippen molar-refractivity contribution in [1.29, 1.82) is 0 Å². The first-order valence-electron chi connectivity index (χ1n) is 7.42. The third-order valence-corrected chi connectivity index (χ3v) is 4.32. The van der Waals surface area contributed by atoms with Gasteiger partial charge in [-0.1, -0.05) is 6.92 Å². The molecule has 6 heteroatoms. The van der Waals surface area contributed by atoms with Crippen LogP contribution in [0.2, 0.25) is 0 Å². The minimum absolute atomic E-state index is 0.165. The molecular weight excluding hydrogens is 320 g/mol. The number of morpholine rings is 1. The summed E-state index contributed by atoms with van der Waals surface area (Å²) >= 11 is 3.64. The lowest BCUT2D eigenvalue weighted by Gasteiger charge is -2.36. The maximum atomic E-state index is 6.02. The summed E-state index contributed by atoms with van der Waals surface area (Å²) in [6, 6.07) is 0.175. The highest BCUT2D eigenvalue weighted by Gasteiger charge is 2.31. The lowest BCUT2D eigenvalue weighted by Crippen LogP contribution is -2.47. The second kappa shape index (κ2) is 7.54. The summed E-state index contributed by atoms with van der Waals surface area (Å²) in [7, 11) is 2.15. The lowest BCUT2D eigenvalue weighted by molar-refractivity contribution is -0.0407. The monoisotopic (exact) mass is 344 g/mol. The molecule has 0 spiro atoms. The number of hydrogen-bond acceptors (Lipinski definition) is 4. The predicted octanol–water partition coefficient (Wildman–Crippen LogP) is 2.04. The summed E-state index contributed by atoms with van der Waals surface area (Å²) < 4.78 is 9.13. The van der Waals surface area contributed by atoms with E-state index in [1.54, 1.807) is 0 Å². The van der Waals surface area contributed by atoms with E-state index in [4.69, 9.17) is 4.74 Å². The van der Waals surface area contributed by atoms with Crippen LogP contribution in [0.5, 0.6) is 0 Å². The van der Waals surface area contributed by atoms with Gasteiger partial charge in [-0.3, -0.25) is 4.68 Å². The Morgan fingerprint density at radius 2 is 2.35 bits per heavy atom. The van der Waals surface area contributed by atoms with Gasteiger partial charge in [-0.25, -0.2) is 0 Å². The van der Waals surface area contributed by atoms with Gasteiger partial charge in [0.2, 0.25) is 0 Å². The summed E-state index contributed by atoms with van der Waals surface area (Å²) in [6.45, 7) is 8.90. The van der Waals surface area contributed by atoms with Crippen molar-refractivity contribution in [2.45, 2.75) is 39.0 Å². The first kappa shape index (κ1) is 15.9. The average Bonchev–Trinajstić information content (AvgIpc) is 2.81. The van der Waals surface area contributed by atoms with Gasteiger partial charge < -0.3 is 15.0 Å². The minimum Gasteiger partial charge on any atom is -0.374 e. The van der Waals surface area contributed by atoms with Crippen molar-refractivity contribution in [3.05, 3.63) is 16.4 Å². The number of rotatable bonds is 6. The van der Waals surface area contributed by atoms with E-state index in [1.807, 2.05) is 6.20 Å². The van der Waals surface area contributed by atoms with Crippen LogP contribution in [0.4, 0.5) is 0 Å². The van der Waals surface area contributed by atoms with Crippen molar-refractivity contribution < 1.29 is 4.74 Å². The van der Waals surface area contributed by atoms with Gasteiger partial charge in [0.05, 0.1) is 35.1 Å². The number of nitrogens with zero attached hydrogens (tertiary/aromatic N) is 3. The van der Waals surface area contributed by atoms with Crippen LogP contribution in [0.25, 0.3) is 0 Å². The zero-order valence-electron chi connectivity index (χ0n) is 12.6. The van der Waals surface area contributed by atoms with Crippen LogP contribution in [-0.2, 0) is 11.3 Å². The molecule has 2 unspecified atom stereocenters. The number of nitrogens with one attached hydrogen (secondary N) is 1. The van der Waals surface area contributed by atoms with Crippen molar-refractivity contribution in [2.75, 3.05) is 33.3 Å². The zero-order valence-corrected chi connectivity index (χ0v) is 14.2. The smallest absolute Gasteiger partial charge is 0.0912 e. The number of halogens is 1. The maximum Gasteiger partial charge on any atom is 0.0912 e. The summed E-state index contributed by atoms with van der Waals surface area (Å²) in [5.74, 6) is 0. The van der Waals surface area contributed by atoms with Gasteiger partial charge in [-0.15, -0.1) is 0 Å². The molecule has 0 radical (unpaired) electrons. The fraction of sp³-hybridized carbons (Fsp3) is 0.786. The number of ether oxygens (including phenoxy) is 1. The van der Waals surface area contributed by atoms with Crippen molar-refractivity contribution >= 4 is 15.9 Å². The number of hydrogen-bond donors (Lipinski definition) is 1. The molecule has 1 aliphatic rings. The van der Waals surface area contributed by atoms with Crippen LogP contribution in [-0.4, -0.2) is 54.1 Å². The first-order valence-corrected chi connectivity index (χ1v) is 8.21. The highest BCUT2D eigenvalue weighted by atomic mass is 79.9. The lowest BCUT2D eigenvalue weighted by atomic mass is 10.1. The van der Waals surface area contributed by atoms with Crippen LogP contribution < -0.4 is 5.32 Å². The predicted molar refractivity (Wildman–Crippen MR) is 83.9 cm³/mol. The third kappa shape index (κ3) is 3.61. The van der Waals surface area contributed by atoms with E-state index in [2.05, 4.69) is 56.8 Å². The van der Waals surface area contributed by atoms with Gasteiger partial charge in [0, 0.05) is 19.6 Å². The number of likely N-dealkylation sites (N-methyl/N-ethyl adjacent to an activating group) is 1. The van der Waals surface area contributed by atoms with E-state index in [-0.39, 0.29) is 12.1 Å². The topological polar surface area (TPSA) is 42.3 Å². The Hall–Kier alpha value is -0.430. The van der Waals surface area contributed by atoms with Crippen molar-refractivity contribution in [2.24, 2.45) is 0 Å². The maximum absolute atomic E-state index is 6.02. The normalized spacial score (nSPS) is 22.1. The van der Waals surface area contributed by atoms with Crippen molar-refractivity contribution in [3.63, 3.8) is 0 Å². The van der Waals surface area contributed by atoms with Gasteiger partial charge in [0.15, 0.2) is 0 Å². The summed E-state index contributed by atoms with van der Waals surface area (Å²) in [4.78, 5) is 2.33. The van der Waals surface area contributed by atoms with Crippen LogP contribution in [0.3, 0.4) is 0 Å². The molecule has 114 valence electrons. The van der Waals surface area contributed by atoms with Crippen LogP contribution >= 0.6 is 15.9 Å². The van der Waals surface area contributed by atoms with Gasteiger partial charge in [0.1, 0.15) is 0 Å². The number of aromatic nitrogens is 2. The third-order valence-electron chi connectivity index (χ3n) is 3.71. The fourth-order valence-electron chi connectivity index (χ4n) is 2.65. The molecule has 2 atom stereocenters. The Balaban J connectivity index is 2.23. The zero-order chi connectivity index (χ0) is 14.5.